The first-order valence-electron chi connectivity index (χ1n) is 8.65. The van der Waals surface area contributed by atoms with Crippen LogP contribution < -0.4 is 5.76 Å². The maximum atomic E-state index is 12.7. The number of benzene rings is 3. The van der Waals surface area contributed by atoms with Crippen molar-refractivity contribution in [1.29, 1.82) is 0 Å². The summed E-state index contributed by atoms with van der Waals surface area (Å²) in [6.07, 6.45) is 0. The monoisotopic (exact) mass is 469 g/mol. The minimum absolute atomic E-state index is 0.161. The molecule has 0 saturated heterocycles. The molecule has 4 rings (SSSR count). The third kappa shape index (κ3) is 3.81. The van der Waals surface area contributed by atoms with Crippen molar-refractivity contribution >= 4 is 50.2 Å². The first kappa shape index (κ1) is 19.4. The fourth-order valence-corrected chi connectivity index (χ4v) is 3.51. The van der Waals surface area contributed by atoms with E-state index in [0.717, 1.165) is 4.47 Å². The SMILES string of the molecule is O=C(Cn1c(=O)oc2cc(C(=O)c3ccccc3Cl)ccc21)c1ccc(Br)cc1. The van der Waals surface area contributed by atoms with E-state index in [9.17, 15) is 14.4 Å². The molecule has 0 saturated carbocycles. The lowest BCUT2D eigenvalue weighted by atomic mass is 10.0. The molecule has 0 aliphatic heterocycles. The molecule has 0 fully saturated rings. The average Bonchev–Trinajstić information content (AvgIpc) is 3.02. The quantitative estimate of drug-likeness (QED) is 0.379. The van der Waals surface area contributed by atoms with E-state index in [4.69, 9.17) is 16.0 Å². The van der Waals surface area contributed by atoms with E-state index >= 15 is 0 Å². The second-order valence-electron chi connectivity index (χ2n) is 6.38. The van der Waals surface area contributed by atoms with E-state index in [2.05, 4.69) is 15.9 Å². The summed E-state index contributed by atoms with van der Waals surface area (Å²) in [7, 11) is 0. The average molecular weight is 471 g/mol. The van der Waals surface area contributed by atoms with Gasteiger partial charge in [-0.05, 0) is 42.5 Å². The molecule has 0 aliphatic carbocycles. The van der Waals surface area contributed by atoms with Crippen LogP contribution in [-0.4, -0.2) is 16.1 Å². The number of aromatic nitrogens is 1. The van der Waals surface area contributed by atoms with Crippen molar-refractivity contribution < 1.29 is 14.0 Å². The second kappa shape index (κ2) is 7.81. The largest absolute Gasteiger partial charge is 0.420 e. The Morgan fingerprint density at radius 3 is 2.38 bits per heavy atom. The van der Waals surface area contributed by atoms with Crippen molar-refractivity contribution in [3.8, 4) is 0 Å². The van der Waals surface area contributed by atoms with E-state index in [1.807, 2.05) is 0 Å². The van der Waals surface area contributed by atoms with Crippen LogP contribution in [0, 0.1) is 0 Å². The normalized spacial score (nSPS) is 11.0. The number of Topliss-reactive ketones (excluding diaryl/α,β-unsaturated/α-hetero) is 1. The van der Waals surface area contributed by atoms with Crippen molar-refractivity contribution in [1.82, 2.24) is 4.57 Å². The Morgan fingerprint density at radius 2 is 1.66 bits per heavy atom. The number of oxazole rings is 1. The van der Waals surface area contributed by atoms with Crippen molar-refractivity contribution in [2.24, 2.45) is 0 Å². The van der Waals surface area contributed by atoms with Crippen LogP contribution in [0.15, 0.2) is 80.4 Å². The summed E-state index contributed by atoms with van der Waals surface area (Å²) >= 11 is 9.42. The Hall–Kier alpha value is -2.96. The molecule has 7 heteroatoms. The molecule has 5 nitrogen and oxygen atoms in total. The molecule has 1 heterocycles. The molecule has 3 aromatic carbocycles. The smallest absolute Gasteiger partial charge is 0.408 e. The van der Waals surface area contributed by atoms with Crippen LogP contribution in [0.3, 0.4) is 0 Å². The Bertz CT molecular complexity index is 1300. The van der Waals surface area contributed by atoms with Crippen LogP contribution in [0.2, 0.25) is 5.02 Å². The van der Waals surface area contributed by atoms with E-state index in [1.165, 1.54) is 10.6 Å². The summed E-state index contributed by atoms with van der Waals surface area (Å²) < 4.78 is 7.38. The molecule has 0 N–H and O–H groups in total. The molecular weight excluding hydrogens is 458 g/mol. The lowest BCUT2D eigenvalue weighted by Crippen LogP contribution is -2.20. The highest BCUT2D eigenvalue weighted by Crippen LogP contribution is 2.22. The van der Waals surface area contributed by atoms with E-state index in [1.54, 1.807) is 60.7 Å². The number of nitrogens with zero attached hydrogens (tertiary/aromatic N) is 1. The molecule has 0 spiro atoms. The number of hydrogen-bond donors (Lipinski definition) is 0. The lowest BCUT2D eigenvalue weighted by Gasteiger charge is -2.05. The van der Waals surface area contributed by atoms with Gasteiger partial charge in [-0.3, -0.25) is 14.2 Å². The number of fused-ring (bicyclic) bond motifs is 1. The Labute approximate surface area is 178 Å². The molecule has 144 valence electrons. The number of carbonyl (C=O) groups is 2. The fourth-order valence-electron chi connectivity index (χ4n) is 3.03. The molecule has 0 aliphatic rings. The minimum Gasteiger partial charge on any atom is -0.408 e. The van der Waals surface area contributed by atoms with Gasteiger partial charge >= 0.3 is 5.76 Å². The molecule has 0 radical (unpaired) electrons. The number of rotatable bonds is 5. The Kier molecular flexibility index (Phi) is 5.22. The van der Waals surface area contributed by atoms with Gasteiger partial charge in [0.1, 0.15) is 0 Å². The number of halogens is 2. The molecule has 0 bridgehead atoms. The predicted molar refractivity (Wildman–Crippen MR) is 114 cm³/mol. The summed E-state index contributed by atoms with van der Waals surface area (Å²) in [5.41, 5.74) is 1.86. The zero-order chi connectivity index (χ0) is 20.5. The van der Waals surface area contributed by atoms with Gasteiger partial charge < -0.3 is 4.42 Å². The molecule has 0 atom stereocenters. The predicted octanol–water partition coefficient (Wildman–Crippen LogP) is 5.12. The van der Waals surface area contributed by atoms with Gasteiger partial charge in [0.2, 0.25) is 0 Å². The lowest BCUT2D eigenvalue weighted by molar-refractivity contribution is 0.0969. The summed E-state index contributed by atoms with van der Waals surface area (Å²) in [5.74, 6) is -1.16. The van der Waals surface area contributed by atoms with E-state index in [-0.39, 0.29) is 23.7 Å². The van der Waals surface area contributed by atoms with Gasteiger partial charge in [-0.2, -0.15) is 0 Å². The van der Waals surface area contributed by atoms with Crippen LogP contribution >= 0.6 is 27.5 Å². The van der Waals surface area contributed by atoms with Crippen LogP contribution in [-0.2, 0) is 6.54 Å². The fraction of sp³-hybridized carbons (Fsp3) is 0.0455. The number of hydrogen-bond acceptors (Lipinski definition) is 4. The third-order valence-electron chi connectivity index (χ3n) is 4.52. The van der Waals surface area contributed by atoms with Crippen LogP contribution in [0.1, 0.15) is 26.3 Å². The number of carbonyl (C=O) groups excluding carboxylic acids is 2. The highest BCUT2D eigenvalue weighted by molar-refractivity contribution is 9.10. The van der Waals surface area contributed by atoms with E-state index < -0.39 is 5.76 Å². The van der Waals surface area contributed by atoms with Gasteiger partial charge in [-0.1, -0.05) is 51.8 Å². The summed E-state index contributed by atoms with van der Waals surface area (Å²) in [4.78, 5) is 37.6. The third-order valence-corrected chi connectivity index (χ3v) is 5.38. The first-order valence-corrected chi connectivity index (χ1v) is 9.82. The summed E-state index contributed by atoms with van der Waals surface area (Å²) in [6, 6.07) is 18.3. The minimum atomic E-state index is -0.659. The van der Waals surface area contributed by atoms with Gasteiger partial charge in [-0.25, -0.2) is 4.79 Å². The van der Waals surface area contributed by atoms with Gasteiger partial charge in [-0.15, -0.1) is 0 Å². The maximum absolute atomic E-state index is 12.7. The van der Waals surface area contributed by atoms with Gasteiger partial charge in [0, 0.05) is 21.2 Å². The number of ketones is 2. The Morgan fingerprint density at radius 1 is 0.966 bits per heavy atom. The molecular formula is C22H13BrClNO4. The first-order chi connectivity index (χ1) is 13.9. The second-order valence-corrected chi connectivity index (χ2v) is 7.70. The van der Waals surface area contributed by atoms with Gasteiger partial charge in [0.25, 0.3) is 0 Å². The van der Waals surface area contributed by atoms with Gasteiger partial charge in [0.05, 0.1) is 17.1 Å². The highest BCUT2D eigenvalue weighted by Gasteiger charge is 2.18. The van der Waals surface area contributed by atoms with Crippen LogP contribution in [0.4, 0.5) is 0 Å². The summed E-state index contributed by atoms with van der Waals surface area (Å²) in [6.45, 7) is -0.161. The van der Waals surface area contributed by atoms with Crippen LogP contribution in [0.5, 0.6) is 0 Å². The van der Waals surface area contributed by atoms with Crippen molar-refractivity contribution in [3.63, 3.8) is 0 Å². The zero-order valence-electron chi connectivity index (χ0n) is 14.9. The van der Waals surface area contributed by atoms with Crippen molar-refractivity contribution in [2.75, 3.05) is 0 Å². The molecule has 1 aromatic heterocycles. The maximum Gasteiger partial charge on any atom is 0.420 e. The standard InChI is InChI=1S/C22H13BrClNO4/c23-15-8-5-13(6-9-15)19(26)12-25-18-10-7-14(11-20(18)29-22(25)28)21(27)16-3-1-2-4-17(16)24/h1-11H,12H2. The molecule has 0 amide bonds. The van der Waals surface area contributed by atoms with E-state index in [0.29, 0.717) is 27.2 Å². The Balaban J connectivity index is 1.67. The topological polar surface area (TPSA) is 69.3 Å². The summed E-state index contributed by atoms with van der Waals surface area (Å²) in [5, 5.41) is 0.344. The van der Waals surface area contributed by atoms with Crippen molar-refractivity contribution in [3.05, 3.63) is 103 Å². The molecule has 29 heavy (non-hydrogen) atoms. The van der Waals surface area contributed by atoms with Gasteiger partial charge in [0.15, 0.2) is 17.1 Å². The zero-order valence-corrected chi connectivity index (χ0v) is 17.2. The molecule has 4 aromatic rings. The van der Waals surface area contributed by atoms with Crippen molar-refractivity contribution in [2.45, 2.75) is 6.54 Å². The highest BCUT2D eigenvalue weighted by atomic mass is 79.9. The van der Waals surface area contributed by atoms with Crippen LogP contribution in [0.25, 0.3) is 11.1 Å². The molecule has 0 unspecified atom stereocenters.